The lowest BCUT2D eigenvalue weighted by molar-refractivity contribution is -0.00370. The first-order valence-electron chi connectivity index (χ1n) is 13.1. The highest BCUT2D eigenvalue weighted by Crippen LogP contribution is 2.36. The van der Waals surface area contributed by atoms with Gasteiger partial charge in [-0.15, -0.1) is 0 Å². The zero-order valence-corrected chi connectivity index (χ0v) is 21.9. The van der Waals surface area contributed by atoms with Gasteiger partial charge in [0, 0.05) is 25.9 Å². The predicted molar refractivity (Wildman–Crippen MR) is 144 cm³/mol. The Morgan fingerprint density at radius 3 is 2.62 bits per heavy atom. The van der Waals surface area contributed by atoms with E-state index in [0.29, 0.717) is 25.3 Å². The molecule has 1 aliphatic heterocycles. The fourth-order valence-corrected chi connectivity index (χ4v) is 4.90. The van der Waals surface area contributed by atoms with Crippen molar-refractivity contribution in [2.45, 2.75) is 46.0 Å². The van der Waals surface area contributed by atoms with Crippen molar-refractivity contribution in [1.29, 1.82) is 5.26 Å². The van der Waals surface area contributed by atoms with Gasteiger partial charge in [0.1, 0.15) is 11.8 Å². The number of carbonyl (C=O) groups is 1. The molecule has 0 saturated carbocycles. The van der Waals surface area contributed by atoms with E-state index in [4.69, 9.17) is 9.47 Å². The molecule has 8 heteroatoms. The quantitative estimate of drug-likeness (QED) is 0.227. The van der Waals surface area contributed by atoms with Crippen LogP contribution in [0.5, 0.6) is 11.5 Å². The molecular formula is C31H29FN4O3. The van der Waals surface area contributed by atoms with E-state index in [1.165, 1.54) is 18.2 Å². The number of carbonyl (C=O) groups excluding carboxylic acids is 1. The number of rotatable bonds is 10. The highest BCUT2D eigenvalue weighted by molar-refractivity contribution is 6.01. The van der Waals surface area contributed by atoms with E-state index >= 15 is 0 Å². The molecule has 1 unspecified atom stereocenters. The molecule has 1 atom stereocenters. The molecule has 2 heterocycles. The highest BCUT2D eigenvalue weighted by Gasteiger charge is 2.31. The second kappa shape index (κ2) is 11.5. The van der Waals surface area contributed by atoms with E-state index in [2.05, 4.69) is 12.0 Å². The summed E-state index contributed by atoms with van der Waals surface area (Å²) in [6.07, 6.45) is 3.53. The maximum Gasteiger partial charge on any atom is 0.258 e. The van der Waals surface area contributed by atoms with E-state index in [1.54, 1.807) is 23.2 Å². The van der Waals surface area contributed by atoms with Crippen LogP contribution < -0.4 is 4.74 Å². The van der Waals surface area contributed by atoms with Crippen LogP contribution in [-0.2, 0) is 17.8 Å². The van der Waals surface area contributed by atoms with E-state index in [0.717, 1.165) is 35.2 Å². The second-order valence-electron chi connectivity index (χ2n) is 9.34. The first kappa shape index (κ1) is 26.1. The molecule has 0 N–H and O–H groups in total. The van der Waals surface area contributed by atoms with Gasteiger partial charge in [-0.05, 0) is 54.3 Å². The fraction of sp³-hybridized carbons (Fsp3) is 0.258. The van der Waals surface area contributed by atoms with Gasteiger partial charge in [0.2, 0.25) is 0 Å². The molecule has 1 aliphatic rings. The van der Waals surface area contributed by atoms with E-state index in [9.17, 15) is 14.4 Å². The van der Waals surface area contributed by atoms with Crippen molar-refractivity contribution < 1.29 is 18.7 Å². The third kappa shape index (κ3) is 5.27. The molecule has 3 aromatic carbocycles. The number of hydrogen-bond donors (Lipinski definition) is 0. The summed E-state index contributed by atoms with van der Waals surface area (Å²) in [5.74, 6) is -0.796. The van der Waals surface area contributed by atoms with Crippen LogP contribution in [0.2, 0.25) is 0 Å². The van der Waals surface area contributed by atoms with Gasteiger partial charge < -0.3 is 14.4 Å². The van der Waals surface area contributed by atoms with Crippen LogP contribution >= 0.6 is 0 Å². The number of nitrogens with zero attached hydrogens (tertiary/aromatic N) is 4. The van der Waals surface area contributed by atoms with Gasteiger partial charge in [0.05, 0.1) is 16.8 Å². The van der Waals surface area contributed by atoms with Gasteiger partial charge in [-0.3, -0.25) is 4.79 Å². The predicted octanol–water partition coefficient (Wildman–Crippen LogP) is 6.84. The third-order valence-electron chi connectivity index (χ3n) is 6.74. The summed E-state index contributed by atoms with van der Waals surface area (Å²) in [6.45, 7) is 5.54. The summed E-state index contributed by atoms with van der Waals surface area (Å²) in [5.41, 5.74) is 4.23. The molecule has 4 aromatic rings. The Labute approximate surface area is 227 Å². The van der Waals surface area contributed by atoms with Crippen LogP contribution in [0.4, 0.5) is 4.39 Å². The molecule has 198 valence electrons. The minimum Gasteiger partial charge on any atom is -0.452 e. The van der Waals surface area contributed by atoms with Crippen LogP contribution in [0.3, 0.4) is 0 Å². The van der Waals surface area contributed by atoms with Gasteiger partial charge in [-0.2, -0.15) is 10.4 Å². The second-order valence-corrected chi connectivity index (χ2v) is 9.34. The number of para-hydroxylation sites is 1. The van der Waals surface area contributed by atoms with Crippen molar-refractivity contribution in [2.24, 2.45) is 0 Å². The summed E-state index contributed by atoms with van der Waals surface area (Å²) in [4.78, 5) is 15.1. The minimum absolute atomic E-state index is 0.0682. The topological polar surface area (TPSA) is 80.4 Å². The Hall–Kier alpha value is -4.48. The fourth-order valence-electron chi connectivity index (χ4n) is 4.90. The maximum atomic E-state index is 14.4. The van der Waals surface area contributed by atoms with Crippen LogP contribution in [0.15, 0.2) is 72.9 Å². The Balaban J connectivity index is 1.33. The molecule has 0 bridgehead atoms. The van der Waals surface area contributed by atoms with Gasteiger partial charge in [0.15, 0.2) is 17.8 Å². The molecule has 0 radical (unpaired) electrons. The smallest absolute Gasteiger partial charge is 0.258 e. The number of aromatic nitrogens is 2. The summed E-state index contributed by atoms with van der Waals surface area (Å²) < 4.78 is 28.1. The lowest BCUT2D eigenvalue weighted by Gasteiger charge is -2.20. The Kier molecular flexibility index (Phi) is 7.71. The molecule has 7 nitrogen and oxygen atoms in total. The third-order valence-corrected chi connectivity index (χ3v) is 6.74. The van der Waals surface area contributed by atoms with E-state index in [-0.39, 0.29) is 29.2 Å². The first-order valence-corrected chi connectivity index (χ1v) is 13.1. The standard InChI is InChI=1S/C31H29FN4O3/c1-3-7-28(38-4-2)36-26(16-17-34-36)22-14-12-21(13-15-22)19-35-20-24-9-6-11-27(29(24)31(35)37)39-30-23(18-33)8-5-10-25(30)32/h5-6,8-17,28H,3-4,7,19-20H2,1-2H3. The SMILES string of the molecule is CCCC(OCC)n1nccc1-c1ccc(CN2Cc3cccc(Oc4c(F)cccc4C#N)c3C2=O)cc1. The zero-order valence-electron chi connectivity index (χ0n) is 21.9. The van der Waals surface area contributed by atoms with Crippen LogP contribution in [0, 0.1) is 17.1 Å². The van der Waals surface area contributed by atoms with Crippen molar-refractivity contribution in [1.82, 2.24) is 14.7 Å². The molecule has 0 aliphatic carbocycles. The average molecular weight is 525 g/mol. The van der Waals surface area contributed by atoms with Gasteiger partial charge in [-0.1, -0.05) is 55.8 Å². The van der Waals surface area contributed by atoms with Gasteiger partial charge in [0.25, 0.3) is 5.91 Å². The molecule has 5 rings (SSSR count). The van der Waals surface area contributed by atoms with E-state index < -0.39 is 5.82 Å². The van der Waals surface area contributed by atoms with Crippen molar-refractivity contribution in [3.05, 3.63) is 101 Å². The van der Waals surface area contributed by atoms with Crippen molar-refractivity contribution in [3.63, 3.8) is 0 Å². The number of ether oxygens (including phenoxy) is 2. The van der Waals surface area contributed by atoms with Gasteiger partial charge in [-0.25, -0.2) is 9.07 Å². The Morgan fingerprint density at radius 2 is 1.87 bits per heavy atom. The Bertz CT molecular complexity index is 1520. The number of amides is 1. The summed E-state index contributed by atoms with van der Waals surface area (Å²) in [7, 11) is 0. The highest BCUT2D eigenvalue weighted by atomic mass is 19.1. The monoisotopic (exact) mass is 524 g/mol. The summed E-state index contributed by atoms with van der Waals surface area (Å²) in [6, 6.07) is 21.4. The minimum atomic E-state index is -0.655. The van der Waals surface area contributed by atoms with E-state index in [1.807, 2.05) is 54.1 Å². The molecule has 39 heavy (non-hydrogen) atoms. The Morgan fingerprint density at radius 1 is 1.08 bits per heavy atom. The lowest BCUT2D eigenvalue weighted by Crippen LogP contribution is -2.23. The van der Waals surface area contributed by atoms with Crippen LogP contribution in [0.25, 0.3) is 11.3 Å². The lowest BCUT2D eigenvalue weighted by atomic mass is 10.1. The number of halogens is 1. The molecule has 0 fully saturated rings. The number of nitriles is 1. The van der Waals surface area contributed by atoms with Crippen molar-refractivity contribution >= 4 is 5.91 Å². The zero-order chi connectivity index (χ0) is 27.4. The molecule has 0 spiro atoms. The van der Waals surface area contributed by atoms with Gasteiger partial charge >= 0.3 is 0 Å². The normalized spacial score (nSPS) is 13.3. The van der Waals surface area contributed by atoms with Crippen LogP contribution in [-0.4, -0.2) is 27.2 Å². The molecular weight excluding hydrogens is 495 g/mol. The number of fused-ring (bicyclic) bond motifs is 1. The number of benzene rings is 3. The molecule has 1 aromatic heterocycles. The van der Waals surface area contributed by atoms with Crippen molar-refractivity contribution in [2.75, 3.05) is 6.61 Å². The van der Waals surface area contributed by atoms with Crippen LogP contribution in [0.1, 0.15) is 60.0 Å². The summed E-state index contributed by atoms with van der Waals surface area (Å²) >= 11 is 0. The largest absolute Gasteiger partial charge is 0.452 e. The molecule has 0 saturated heterocycles. The maximum absolute atomic E-state index is 14.4. The van der Waals surface area contributed by atoms with Crippen molar-refractivity contribution in [3.8, 4) is 28.8 Å². The molecule has 1 amide bonds. The summed E-state index contributed by atoms with van der Waals surface area (Å²) in [5, 5.41) is 13.9. The number of hydrogen-bond acceptors (Lipinski definition) is 5. The first-order chi connectivity index (χ1) is 19.0. The average Bonchev–Trinajstić information content (AvgIpc) is 3.55.